The van der Waals surface area contributed by atoms with Gasteiger partial charge >= 0.3 is 6.03 Å². The van der Waals surface area contributed by atoms with Gasteiger partial charge in [-0.25, -0.2) is 4.79 Å². The number of likely N-dealkylation sites (tertiary alicyclic amines) is 2. The van der Waals surface area contributed by atoms with Crippen LogP contribution in [0.4, 0.5) is 4.79 Å². The summed E-state index contributed by atoms with van der Waals surface area (Å²) in [6.45, 7) is 11.6. The van der Waals surface area contributed by atoms with Gasteiger partial charge in [-0.3, -0.25) is 33.7 Å². The molecule has 0 aromatic carbocycles. The van der Waals surface area contributed by atoms with Gasteiger partial charge in [0.2, 0.25) is 29.4 Å². The van der Waals surface area contributed by atoms with Crippen molar-refractivity contribution in [3.8, 4) is 0 Å². The van der Waals surface area contributed by atoms with Crippen LogP contribution in [0.2, 0.25) is 0 Å². The van der Waals surface area contributed by atoms with Crippen LogP contribution in [0.5, 0.6) is 0 Å². The molecule has 47 heavy (non-hydrogen) atoms. The van der Waals surface area contributed by atoms with E-state index in [2.05, 4.69) is 27.8 Å². The molecule has 262 valence electrons. The minimum atomic E-state index is -1.03. The summed E-state index contributed by atoms with van der Waals surface area (Å²) in [4.78, 5) is 94.3. The Labute approximate surface area is 278 Å². The highest BCUT2D eigenvalue weighted by Crippen LogP contribution is 2.30. The van der Waals surface area contributed by atoms with Crippen molar-refractivity contribution in [2.75, 3.05) is 19.6 Å². The van der Waals surface area contributed by atoms with Crippen LogP contribution in [-0.2, 0) is 28.8 Å². The van der Waals surface area contributed by atoms with Crippen molar-refractivity contribution in [1.29, 1.82) is 0 Å². The molecule has 13 heteroatoms. The Hall–Kier alpha value is -3.77. The SMILES string of the molecule is C=CCNC(=O)C(=O)C(CCC)NC(=O)[C@@H]1CCCN1C(=O)[C@@H](NC(=O)N[C@H](CN1C(=O)CCCC1=O)C(C)(C)C)C1CCCCC1. The number of hydrogen-bond donors (Lipinski definition) is 4. The summed E-state index contributed by atoms with van der Waals surface area (Å²) in [6.07, 6.45) is 8.68. The van der Waals surface area contributed by atoms with Gasteiger partial charge < -0.3 is 26.2 Å². The van der Waals surface area contributed by atoms with Crippen LogP contribution < -0.4 is 21.3 Å². The van der Waals surface area contributed by atoms with Crippen LogP contribution in [0.15, 0.2) is 12.7 Å². The first-order valence-electron chi connectivity index (χ1n) is 17.2. The third-order valence-corrected chi connectivity index (χ3v) is 9.45. The lowest BCUT2D eigenvalue weighted by atomic mass is 9.83. The average Bonchev–Trinajstić information content (AvgIpc) is 3.53. The highest BCUT2D eigenvalue weighted by molar-refractivity contribution is 6.38. The van der Waals surface area contributed by atoms with Crippen molar-refractivity contribution in [2.24, 2.45) is 11.3 Å². The minimum Gasteiger partial charge on any atom is -0.346 e. The normalized spacial score (nSPS) is 21.0. The predicted molar refractivity (Wildman–Crippen MR) is 176 cm³/mol. The fourth-order valence-corrected chi connectivity index (χ4v) is 6.63. The number of imide groups is 1. The van der Waals surface area contributed by atoms with Crippen molar-refractivity contribution in [3.63, 3.8) is 0 Å². The van der Waals surface area contributed by atoms with E-state index in [0.717, 1.165) is 32.1 Å². The molecule has 0 spiro atoms. The molecule has 4 atom stereocenters. The Morgan fingerprint density at radius 1 is 0.915 bits per heavy atom. The maximum atomic E-state index is 14.2. The molecule has 2 heterocycles. The summed E-state index contributed by atoms with van der Waals surface area (Å²) >= 11 is 0. The van der Waals surface area contributed by atoms with Gasteiger partial charge in [0.25, 0.3) is 5.91 Å². The van der Waals surface area contributed by atoms with Gasteiger partial charge in [-0.05, 0) is 49.9 Å². The Morgan fingerprint density at radius 2 is 1.57 bits per heavy atom. The number of Topliss-reactive ketones (excluding diaryl/α,β-unsaturated/α-hetero) is 1. The van der Waals surface area contributed by atoms with Crippen LogP contribution in [0, 0.1) is 11.3 Å². The molecular weight excluding hydrogens is 604 g/mol. The maximum absolute atomic E-state index is 14.2. The molecule has 1 aliphatic carbocycles. The second kappa shape index (κ2) is 17.4. The lowest BCUT2D eigenvalue weighted by Gasteiger charge is -2.38. The zero-order valence-corrected chi connectivity index (χ0v) is 28.5. The average molecular weight is 659 g/mol. The Balaban J connectivity index is 1.76. The molecule has 13 nitrogen and oxygen atoms in total. The lowest BCUT2D eigenvalue weighted by Crippen LogP contribution is -2.61. The second-order valence-electron chi connectivity index (χ2n) is 14.1. The number of nitrogens with zero attached hydrogens (tertiary/aromatic N) is 2. The molecule has 0 bridgehead atoms. The Morgan fingerprint density at radius 3 is 2.17 bits per heavy atom. The summed E-state index contributed by atoms with van der Waals surface area (Å²) < 4.78 is 0. The molecule has 0 radical (unpaired) electrons. The van der Waals surface area contributed by atoms with E-state index in [1.54, 1.807) is 0 Å². The summed E-state index contributed by atoms with van der Waals surface area (Å²) in [5, 5.41) is 11.0. The first-order chi connectivity index (χ1) is 22.3. The molecule has 4 N–H and O–H groups in total. The summed E-state index contributed by atoms with van der Waals surface area (Å²) in [5.74, 6) is -3.07. The minimum absolute atomic E-state index is 0.0360. The number of amides is 7. The van der Waals surface area contributed by atoms with Gasteiger partial charge in [-0.1, -0.05) is 59.5 Å². The number of piperidine rings is 1. The summed E-state index contributed by atoms with van der Waals surface area (Å²) in [7, 11) is 0. The monoisotopic (exact) mass is 658 g/mol. The van der Waals surface area contributed by atoms with E-state index in [4.69, 9.17) is 0 Å². The summed E-state index contributed by atoms with van der Waals surface area (Å²) in [5.41, 5.74) is -0.507. The van der Waals surface area contributed by atoms with Gasteiger partial charge in [0.05, 0.1) is 12.1 Å². The number of nitrogens with one attached hydrogen (secondary N) is 4. The maximum Gasteiger partial charge on any atom is 0.315 e. The van der Waals surface area contributed by atoms with Gasteiger partial charge in [0, 0.05) is 32.5 Å². The van der Waals surface area contributed by atoms with E-state index in [-0.39, 0.29) is 56.0 Å². The third-order valence-electron chi connectivity index (χ3n) is 9.45. The van der Waals surface area contributed by atoms with Crippen LogP contribution >= 0.6 is 0 Å². The van der Waals surface area contributed by atoms with Gasteiger partial charge in [-0.15, -0.1) is 6.58 Å². The molecule has 7 amide bonds. The zero-order chi connectivity index (χ0) is 34.7. The number of carbonyl (C=O) groups is 7. The van der Waals surface area contributed by atoms with E-state index in [0.29, 0.717) is 32.2 Å². The van der Waals surface area contributed by atoms with Crippen molar-refractivity contribution in [2.45, 2.75) is 129 Å². The number of ketones is 1. The molecule has 0 aromatic heterocycles. The quantitative estimate of drug-likeness (QED) is 0.126. The molecule has 0 aromatic rings. The molecule has 1 unspecified atom stereocenters. The summed E-state index contributed by atoms with van der Waals surface area (Å²) in [6, 6.07) is -3.91. The van der Waals surface area contributed by atoms with Crippen LogP contribution in [0.3, 0.4) is 0 Å². The van der Waals surface area contributed by atoms with E-state index < -0.39 is 53.2 Å². The molecule has 3 aliphatic rings. The lowest BCUT2D eigenvalue weighted by molar-refractivity contribution is -0.148. The third kappa shape index (κ3) is 10.4. The predicted octanol–water partition coefficient (Wildman–Crippen LogP) is 2.34. The van der Waals surface area contributed by atoms with Gasteiger partial charge in [0.15, 0.2) is 0 Å². The second-order valence-corrected chi connectivity index (χ2v) is 14.1. The fraction of sp³-hybridized carbons (Fsp3) is 0.735. The first-order valence-corrected chi connectivity index (χ1v) is 17.2. The van der Waals surface area contributed by atoms with Crippen LogP contribution in [-0.4, -0.2) is 95.0 Å². The Kier molecular flexibility index (Phi) is 14.0. The van der Waals surface area contributed by atoms with Crippen molar-refractivity contribution >= 4 is 41.4 Å². The molecule has 2 aliphatic heterocycles. The van der Waals surface area contributed by atoms with Gasteiger partial charge in [-0.2, -0.15) is 0 Å². The van der Waals surface area contributed by atoms with E-state index in [1.807, 2.05) is 27.7 Å². The number of carbonyl (C=O) groups excluding carboxylic acids is 7. The molecule has 3 rings (SSSR count). The number of rotatable bonds is 14. The smallest absolute Gasteiger partial charge is 0.315 e. The Bertz CT molecular complexity index is 1180. The zero-order valence-electron chi connectivity index (χ0n) is 28.5. The van der Waals surface area contributed by atoms with Gasteiger partial charge in [0.1, 0.15) is 12.1 Å². The number of hydrogen-bond acceptors (Lipinski definition) is 7. The van der Waals surface area contributed by atoms with Crippen LogP contribution in [0.25, 0.3) is 0 Å². The molecular formula is C34H54N6O7. The molecule has 2 saturated heterocycles. The van der Waals surface area contributed by atoms with Crippen molar-refractivity contribution < 1.29 is 33.6 Å². The number of urea groups is 1. The molecule has 1 saturated carbocycles. The molecule has 3 fully saturated rings. The van der Waals surface area contributed by atoms with Crippen molar-refractivity contribution in [1.82, 2.24) is 31.1 Å². The van der Waals surface area contributed by atoms with E-state index in [9.17, 15) is 33.6 Å². The largest absolute Gasteiger partial charge is 0.346 e. The standard InChI is InChI=1S/C34H54N6O7/c1-6-13-23(29(43)31(45)35-19-7-2)36-30(44)24-16-12-20-39(24)32(46)28(22-14-9-8-10-15-22)38-33(47)37-25(34(3,4)5)21-40-26(41)17-11-18-27(40)42/h7,22-25,28H,2,6,8-21H2,1,3-5H3,(H,35,45)(H,36,44)(H2,37,38,47)/t23?,24-,25+,28-/m0/s1. The fourth-order valence-electron chi connectivity index (χ4n) is 6.63. The topological polar surface area (TPSA) is 174 Å². The van der Waals surface area contributed by atoms with E-state index in [1.165, 1.54) is 15.9 Å². The highest BCUT2D eigenvalue weighted by Gasteiger charge is 2.42. The highest BCUT2D eigenvalue weighted by atomic mass is 16.2. The van der Waals surface area contributed by atoms with Crippen LogP contribution in [0.1, 0.15) is 105 Å². The van der Waals surface area contributed by atoms with E-state index >= 15 is 0 Å². The van der Waals surface area contributed by atoms with Crippen molar-refractivity contribution in [3.05, 3.63) is 12.7 Å². The first kappa shape index (κ1) is 37.7.